The van der Waals surface area contributed by atoms with Crippen LogP contribution >= 0.6 is 11.6 Å². The van der Waals surface area contributed by atoms with Crippen molar-refractivity contribution >= 4 is 17.3 Å². The lowest BCUT2D eigenvalue weighted by Crippen LogP contribution is -2.36. The second-order valence-corrected chi connectivity index (χ2v) is 5.14. The second-order valence-electron chi connectivity index (χ2n) is 4.76. The van der Waals surface area contributed by atoms with Gasteiger partial charge in [0, 0.05) is 19.3 Å². The van der Waals surface area contributed by atoms with Crippen molar-refractivity contribution < 1.29 is 0 Å². The fourth-order valence-electron chi connectivity index (χ4n) is 2.53. The van der Waals surface area contributed by atoms with Crippen LogP contribution < -0.4 is 10.6 Å². The van der Waals surface area contributed by atoms with Gasteiger partial charge in [0.05, 0.1) is 16.4 Å². The number of pyridine rings is 1. The molecule has 1 saturated heterocycles. The van der Waals surface area contributed by atoms with Crippen LogP contribution in [0.4, 0.5) is 5.69 Å². The van der Waals surface area contributed by atoms with Crippen LogP contribution in [0, 0.1) is 12.8 Å². The summed E-state index contributed by atoms with van der Waals surface area (Å²) >= 11 is 6.32. The Morgan fingerprint density at radius 1 is 1.59 bits per heavy atom. The Labute approximate surface area is 108 Å². The highest BCUT2D eigenvalue weighted by Gasteiger charge is 2.21. The van der Waals surface area contributed by atoms with E-state index in [0.717, 1.165) is 42.5 Å². The molecule has 17 heavy (non-hydrogen) atoms. The van der Waals surface area contributed by atoms with Crippen molar-refractivity contribution in [2.24, 2.45) is 11.7 Å². The van der Waals surface area contributed by atoms with Gasteiger partial charge in [-0.2, -0.15) is 0 Å². The largest absolute Gasteiger partial charge is 0.370 e. The van der Waals surface area contributed by atoms with Gasteiger partial charge in [0.15, 0.2) is 0 Å². The molecule has 0 bridgehead atoms. The van der Waals surface area contributed by atoms with Crippen molar-refractivity contribution in [2.75, 3.05) is 24.5 Å². The lowest BCUT2D eigenvalue weighted by Gasteiger charge is -2.35. The Bertz CT molecular complexity index is 379. The maximum absolute atomic E-state index is 6.32. The molecule has 0 spiro atoms. The number of rotatable bonds is 3. The number of nitrogens with zero attached hydrogens (tertiary/aromatic N) is 2. The van der Waals surface area contributed by atoms with E-state index in [2.05, 4.69) is 9.88 Å². The maximum Gasteiger partial charge on any atom is 0.0851 e. The molecule has 0 amide bonds. The SMILES string of the molecule is Cc1nccc(N2CCCC(CCN)C2)c1Cl. The monoisotopic (exact) mass is 253 g/mol. The number of anilines is 1. The third kappa shape index (κ3) is 2.90. The van der Waals surface area contributed by atoms with Crippen LogP contribution in [-0.4, -0.2) is 24.6 Å². The third-order valence-electron chi connectivity index (χ3n) is 3.48. The first-order chi connectivity index (χ1) is 8.22. The Morgan fingerprint density at radius 2 is 2.41 bits per heavy atom. The smallest absolute Gasteiger partial charge is 0.0851 e. The number of piperidine rings is 1. The zero-order valence-corrected chi connectivity index (χ0v) is 11.1. The van der Waals surface area contributed by atoms with Crippen molar-refractivity contribution in [3.05, 3.63) is 23.0 Å². The van der Waals surface area contributed by atoms with Crippen LogP contribution in [0.1, 0.15) is 25.0 Å². The first-order valence-electron chi connectivity index (χ1n) is 6.28. The summed E-state index contributed by atoms with van der Waals surface area (Å²) in [5.74, 6) is 0.707. The highest BCUT2D eigenvalue weighted by atomic mass is 35.5. The molecule has 1 aliphatic heterocycles. The molecular weight excluding hydrogens is 234 g/mol. The molecule has 1 aliphatic rings. The Balaban J connectivity index is 2.13. The minimum Gasteiger partial charge on any atom is -0.370 e. The molecular formula is C13H20ClN3. The molecule has 0 aliphatic carbocycles. The molecule has 1 unspecified atom stereocenters. The molecule has 0 aromatic carbocycles. The van der Waals surface area contributed by atoms with Crippen molar-refractivity contribution in [2.45, 2.75) is 26.2 Å². The van der Waals surface area contributed by atoms with Crippen LogP contribution in [0.25, 0.3) is 0 Å². The van der Waals surface area contributed by atoms with E-state index < -0.39 is 0 Å². The summed E-state index contributed by atoms with van der Waals surface area (Å²) in [7, 11) is 0. The Hall–Kier alpha value is -0.800. The average Bonchev–Trinajstić information content (AvgIpc) is 2.33. The normalized spacial score (nSPS) is 20.6. The first-order valence-corrected chi connectivity index (χ1v) is 6.66. The summed E-state index contributed by atoms with van der Waals surface area (Å²) in [6, 6.07) is 2.01. The standard InChI is InChI=1S/C13H20ClN3/c1-10-13(14)12(5-7-16-10)17-8-2-3-11(9-17)4-6-15/h5,7,11H,2-4,6,8-9,15H2,1H3. The summed E-state index contributed by atoms with van der Waals surface area (Å²) < 4.78 is 0. The molecule has 1 atom stereocenters. The van der Waals surface area contributed by atoms with Crippen LogP contribution in [0.2, 0.25) is 5.02 Å². The predicted octanol–water partition coefficient (Wildman–Crippen LogP) is 2.61. The van der Waals surface area contributed by atoms with Gasteiger partial charge >= 0.3 is 0 Å². The zero-order chi connectivity index (χ0) is 12.3. The molecule has 1 fully saturated rings. The summed E-state index contributed by atoms with van der Waals surface area (Å²) in [6.07, 6.45) is 5.46. The van der Waals surface area contributed by atoms with Gasteiger partial charge in [0.1, 0.15) is 0 Å². The summed E-state index contributed by atoms with van der Waals surface area (Å²) in [5.41, 5.74) is 7.68. The Morgan fingerprint density at radius 3 is 3.18 bits per heavy atom. The molecule has 3 nitrogen and oxygen atoms in total. The van der Waals surface area contributed by atoms with Crippen LogP contribution in [0.5, 0.6) is 0 Å². The highest BCUT2D eigenvalue weighted by molar-refractivity contribution is 6.33. The summed E-state index contributed by atoms with van der Waals surface area (Å²) in [4.78, 5) is 6.59. The van der Waals surface area contributed by atoms with Crippen molar-refractivity contribution in [3.8, 4) is 0 Å². The minimum absolute atomic E-state index is 0.707. The highest BCUT2D eigenvalue weighted by Crippen LogP contribution is 2.31. The van der Waals surface area contributed by atoms with E-state index in [-0.39, 0.29) is 0 Å². The lowest BCUT2D eigenvalue weighted by atomic mass is 9.94. The van der Waals surface area contributed by atoms with Gasteiger partial charge in [-0.1, -0.05) is 11.6 Å². The van der Waals surface area contributed by atoms with Gasteiger partial charge in [-0.3, -0.25) is 4.98 Å². The van der Waals surface area contributed by atoms with Crippen LogP contribution in [-0.2, 0) is 0 Å². The average molecular weight is 254 g/mol. The van der Waals surface area contributed by atoms with Gasteiger partial charge < -0.3 is 10.6 Å². The quantitative estimate of drug-likeness (QED) is 0.901. The molecule has 0 saturated carbocycles. The van der Waals surface area contributed by atoms with Crippen LogP contribution in [0.15, 0.2) is 12.3 Å². The van der Waals surface area contributed by atoms with Gasteiger partial charge in [0.25, 0.3) is 0 Å². The maximum atomic E-state index is 6.32. The number of nitrogens with two attached hydrogens (primary N) is 1. The van der Waals surface area contributed by atoms with Crippen LogP contribution in [0.3, 0.4) is 0 Å². The van der Waals surface area contributed by atoms with E-state index in [4.69, 9.17) is 17.3 Å². The first kappa shape index (κ1) is 12.7. The van der Waals surface area contributed by atoms with Gasteiger partial charge in [-0.05, 0) is 44.7 Å². The third-order valence-corrected chi connectivity index (χ3v) is 3.94. The Kier molecular flexibility index (Phi) is 4.24. The van der Waals surface area contributed by atoms with Crippen molar-refractivity contribution in [1.82, 2.24) is 4.98 Å². The van der Waals surface area contributed by atoms with Crippen molar-refractivity contribution in [1.29, 1.82) is 0 Å². The molecule has 0 radical (unpaired) electrons. The topological polar surface area (TPSA) is 42.2 Å². The number of halogens is 1. The van der Waals surface area contributed by atoms with E-state index in [1.807, 2.05) is 19.2 Å². The van der Waals surface area contributed by atoms with Gasteiger partial charge in [-0.25, -0.2) is 0 Å². The molecule has 2 heterocycles. The van der Waals surface area contributed by atoms with E-state index >= 15 is 0 Å². The number of aryl methyl sites for hydroxylation is 1. The zero-order valence-electron chi connectivity index (χ0n) is 10.3. The number of aromatic nitrogens is 1. The molecule has 94 valence electrons. The molecule has 1 aromatic heterocycles. The fraction of sp³-hybridized carbons (Fsp3) is 0.615. The van der Waals surface area contributed by atoms with Crippen molar-refractivity contribution in [3.63, 3.8) is 0 Å². The molecule has 4 heteroatoms. The number of hydrogen-bond donors (Lipinski definition) is 1. The van der Waals surface area contributed by atoms with E-state index in [1.165, 1.54) is 12.8 Å². The fourth-order valence-corrected chi connectivity index (χ4v) is 2.77. The minimum atomic E-state index is 0.707. The predicted molar refractivity (Wildman–Crippen MR) is 72.6 cm³/mol. The molecule has 2 rings (SSSR count). The molecule has 1 aromatic rings. The van der Waals surface area contributed by atoms with Gasteiger partial charge in [0.2, 0.25) is 0 Å². The summed E-state index contributed by atoms with van der Waals surface area (Å²) in [6.45, 7) is 4.89. The van der Waals surface area contributed by atoms with E-state index in [9.17, 15) is 0 Å². The summed E-state index contributed by atoms with van der Waals surface area (Å²) in [5, 5.41) is 0.792. The van der Waals surface area contributed by atoms with E-state index in [0.29, 0.717) is 5.92 Å². The lowest BCUT2D eigenvalue weighted by molar-refractivity contribution is 0.396. The van der Waals surface area contributed by atoms with E-state index in [1.54, 1.807) is 0 Å². The number of hydrogen-bond acceptors (Lipinski definition) is 3. The van der Waals surface area contributed by atoms with Gasteiger partial charge in [-0.15, -0.1) is 0 Å². The molecule has 2 N–H and O–H groups in total. The second kappa shape index (κ2) is 5.69.